The summed E-state index contributed by atoms with van der Waals surface area (Å²) in [6.07, 6.45) is 3.71. The minimum absolute atomic E-state index is 0.139. The molecular formula is C13H18N2O3S. The molecule has 1 atom stereocenters. The van der Waals surface area contributed by atoms with Crippen molar-refractivity contribution in [1.29, 1.82) is 0 Å². The van der Waals surface area contributed by atoms with Crippen LogP contribution in [-0.2, 0) is 9.59 Å². The lowest BCUT2D eigenvalue weighted by atomic mass is 10.0. The smallest absolute Gasteiger partial charge is 0.313 e. The predicted octanol–water partition coefficient (Wildman–Crippen LogP) is 1.35. The number of carbonyl (C=O) groups is 2. The molecule has 1 saturated carbocycles. The molecule has 19 heavy (non-hydrogen) atoms. The average Bonchev–Trinajstić information content (AvgIpc) is 3.07. The molecule has 0 aliphatic heterocycles. The molecule has 5 nitrogen and oxygen atoms in total. The van der Waals surface area contributed by atoms with E-state index in [9.17, 15) is 14.7 Å². The van der Waals surface area contributed by atoms with Gasteiger partial charge in [0.1, 0.15) is 0 Å². The summed E-state index contributed by atoms with van der Waals surface area (Å²) in [4.78, 5) is 23.1. The molecule has 0 spiro atoms. The zero-order valence-electron chi connectivity index (χ0n) is 10.6. The second kappa shape index (κ2) is 6.68. The van der Waals surface area contributed by atoms with Gasteiger partial charge in [-0.1, -0.05) is 12.8 Å². The highest BCUT2D eigenvalue weighted by atomic mass is 32.1. The number of anilines is 1. The van der Waals surface area contributed by atoms with Gasteiger partial charge in [0, 0.05) is 11.9 Å². The number of thiophene rings is 1. The molecule has 0 saturated heterocycles. The monoisotopic (exact) mass is 282 g/mol. The van der Waals surface area contributed by atoms with E-state index in [-0.39, 0.29) is 12.5 Å². The zero-order chi connectivity index (χ0) is 13.7. The van der Waals surface area contributed by atoms with Gasteiger partial charge in [-0.05, 0) is 30.2 Å². The summed E-state index contributed by atoms with van der Waals surface area (Å²) in [5, 5.41) is 18.4. The lowest BCUT2D eigenvalue weighted by Crippen LogP contribution is -2.41. The van der Waals surface area contributed by atoms with Crippen LogP contribution in [-0.4, -0.2) is 29.6 Å². The third kappa shape index (κ3) is 4.04. The van der Waals surface area contributed by atoms with Gasteiger partial charge in [-0.2, -0.15) is 11.3 Å². The van der Waals surface area contributed by atoms with E-state index in [1.54, 1.807) is 11.4 Å². The van der Waals surface area contributed by atoms with Crippen LogP contribution in [0.5, 0.6) is 0 Å². The van der Waals surface area contributed by atoms with Crippen LogP contribution in [0.2, 0.25) is 0 Å². The molecular weight excluding hydrogens is 264 g/mol. The fraction of sp³-hybridized carbons (Fsp3) is 0.538. The lowest BCUT2D eigenvalue weighted by molar-refractivity contribution is -0.136. The van der Waals surface area contributed by atoms with Crippen molar-refractivity contribution < 1.29 is 14.7 Å². The largest absolute Gasteiger partial charge is 0.391 e. The van der Waals surface area contributed by atoms with Crippen LogP contribution in [0, 0.1) is 5.92 Å². The van der Waals surface area contributed by atoms with Crippen LogP contribution in [0.15, 0.2) is 16.8 Å². The van der Waals surface area contributed by atoms with Crippen molar-refractivity contribution in [2.45, 2.75) is 31.8 Å². The van der Waals surface area contributed by atoms with Gasteiger partial charge in [0.05, 0.1) is 11.8 Å². The molecule has 1 fully saturated rings. The third-order valence-electron chi connectivity index (χ3n) is 3.40. The summed E-state index contributed by atoms with van der Waals surface area (Å²) in [7, 11) is 0. The number of carbonyl (C=O) groups excluding carboxylic acids is 2. The van der Waals surface area contributed by atoms with Gasteiger partial charge in [0.15, 0.2) is 0 Å². The number of amides is 2. The summed E-state index contributed by atoms with van der Waals surface area (Å²) in [6.45, 7) is 0.139. The van der Waals surface area contributed by atoms with Gasteiger partial charge in [-0.25, -0.2) is 0 Å². The van der Waals surface area contributed by atoms with Crippen LogP contribution < -0.4 is 10.6 Å². The van der Waals surface area contributed by atoms with Gasteiger partial charge >= 0.3 is 11.8 Å². The summed E-state index contributed by atoms with van der Waals surface area (Å²) in [6, 6.07) is 1.73. The molecule has 1 aliphatic rings. The van der Waals surface area contributed by atoms with Crippen LogP contribution >= 0.6 is 11.3 Å². The lowest BCUT2D eigenvalue weighted by Gasteiger charge is -2.17. The second-order valence-electron chi connectivity index (χ2n) is 4.79. The maximum atomic E-state index is 11.6. The van der Waals surface area contributed by atoms with E-state index < -0.39 is 17.9 Å². The molecule has 2 rings (SSSR count). The molecule has 3 N–H and O–H groups in total. The van der Waals surface area contributed by atoms with Crippen LogP contribution in [0.25, 0.3) is 0 Å². The molecule has 2 amide bonds. The highest BCUT2D eigenvalue weighted by molar-refractivity contribution is 7.08. The van der Waals surface area contributed by atoms with Gasteiger partial charge in [-0.3, -0.25) is 9.59 Å². The van der Waals surface area contributed by atoms with Crippen molar-refractivity contribution >= 4 is 28.8 Å². The Morgan fingerprint density at radius 2 is 2.11 bits per heavy atom. The molecule has 1 heterocycles. The maximum Gasteiger partial charge on any atom is 0.313 e. The molecule has 1 unspecified atom stereocenters. The van der Waals surface area contributed by atoms with E-state index in [4.69, 9.17) is 0 Å². The van der Waals surface area contributed by atoms with Crippen LogP contribution in [0.1, 0.15) is 25.7 Å². The summed E-state index contributed by atoms with van der Waals surface area (Å²) < 4.78 is 0. The Balaban J connectivity index is 1.72. The number of hydrogen-bond donors (Lipinski definition) is 3. The highest BCUT2D eigenvalue weighted by Gasteiger charge is 2.24. The van der Waals surface area contributed by atoms with Crippen molar-refractivity contribution in [2.75, 3.05) is 11.9 Å². The fourth-order valence-electron chi connectivity index (χ4n) is 2.31. The molecule has 6 heteroatoms. The number of hydrogen-bond acceptors (Lipinski definition) is 4. The Morgan fingerprint density at radius 1 is 1.37 bits per heavy atom. The molecule has 0 radical (unpaired) electrons. The number of rotatable bonds is 4. The molecule has 0 aromatic carbocycles. The number of nitrogens with one attached hydrogen (secondary N) is 2. The van der Waals surface area contributed by atoms with E-state index in [1.165, 1.54) is 11.3 Å². The van der Waals surface area contributed by atoms with E-state index >= 15 is 0 Å². The first-order valence-electron chi connectivity index (χ1n) is 6.46. The summed E-state index contributed by atoms with van der Waals surface area (Å²) >= 11 is 1.44. The van der Waals surface area contributed by atoms with Gasteiger partial charge in [0.2, 0.25) is 0 Å². The van der Waals surface area contributed by atoms with Crippen LogP contribution in [0.3, 0.4) is 0 Å². The van der Waals surface area contributed by atoms with E-state index in [1.807, 2.05) is 5.38 Å². The normalized spacial score (nSPS) is 17.1. The fourth-order valence-corrected chi connectivity index (χ4v) is 2.90. The molecule has 1 aromatic heterocycles. The van der Waals surface area contributed by atoms with Crippen molar-refractivity contribution in [3.8, 4) is 0 Å². The van der Waals surface area contributed by atoms with Crippen molar-refractivity contribution in [2.24, 2.45) is 5.92 Å². The highest BCUT2D eigenvalue weighted by Crippen LogP contribution is 2.27. The summed E-state index contributed by atoms with van der Waals surface area (Å²) in [5.41, 5.74) is 0.612. The second-order valence-corrected chi connectivity index (χ2v) is 5.57. The van der Waals surface area contributed by atoms with Crippen molar-refractivity contribution in [1.82, 2.24) is 5.32 Å². The van der Waals surface area contributed by atoms with Crippen LogP contribution in [0.4, 0.5) is 5.69 Å². The zero-order valence-corrected chi connectivity index (χ0v) is 11.4. The van der Waals surface area contributed by atoms with Gasteiger partial charge in [-0.15, -0.1) is 0 Å². The Kier molecular flexibility index (Phi) is 4.93. The molecule has 1 aromatic rings. The first-order valence-corrected chi connectivity index (χ1v) is 7.40. The van der Waals surface area contributed by atoms with E-state index in [0.29, 0.717) is 5.69 Å². The maximum absolute atomic E-state index is 11.6. The van der Waals surface area contributed by atoms with E-state index in [2.05, 4.69) is 10.6 Å². The molecule has 0 bridgehead atoms. The standard InChI is InChI=1S/C13H18N2O3S/c16-11(9-3-1-2-4-9)7-14-12(17)13(18)15-10-5-6-19-8-10/h5-6,8-9,11,16H,1-4,7H2,(H,14,17)(H,15,18). The van der Waals surface area contributed by atoms with Gasteiger partial charge in [0.25, 0.3) is 0 Å². The van der Waals surface area contributed by atoms with Crippen molar-refractivity contribution in [3.05, 3.63) is 16.8 Å². The Morgan fingerprint density at radius 3 is 2.74 bits per heavy atom. The first-order chi connectivity index (χ1) is 9.16. The quantitative estimate of drug-likeness (QED) is 0.730. The minimum Gasteiger partial charge on any atom is -0.391 e. The van der Waals surface area contributed by atoms with E-state index in [0.717, 1.165) is 25.7 Å². The van der Waals surface area contributed by atoms with Gasteiger partial charge < -0.3 is 15.7 Å². The van der Waals surface area contributed by atoms with Crippen molar-refractivity contribution in [3.63, 3.8) is 0 Å². The Hall–Kier alpha value is -1.40. The Bertz CT molecular complexity index is 427. The minimum atomic E-state index is -0.705. The summed E-state index contributed by atoms with van der Waals surface area (Å²) in [5.74, 6) is -1.15. The topological polar surface area (TPSA) is 78.4 Å². The SMILES string of the molecule is O=C(NCC(O)C1CCCC1)C(=O)Nc1ccsc1. The molecule has 1 aliphatic carbocycles. The predicted molar refractivity (Wildman–Crippen MR) is 73.9 cm³/mol. The Labute approximate surface area is 116 Å². The molecule has 104 valence electrons. The number of aliphatic hydroxyl groups excluding tert-OH is 1. The average molecular weight is 282 g/mol. The first kappa shape index (κ1) is 14.0. The number of aliphatic hydroxyl groups is 1. The third-order valence-corrected chi connectivity index (χ3v) is 4.08.